The van der Waals surface area contributed by atoms with Crippen LogP contribution in [0.5, 0.6) is 0 Å². The number of hydrogen-bond acceptors (Lipinski definition) is 4. The number of carbonyl (C=O) groups is 2. The van der Waals surface area contributed by atoms with Gasteiger partial charge < -0.3 is 10.2 Å². The smallest absolute Gasteiger partial charge is 0.243 e. The number of amides is 2. The molecule has 3 aromatic rings. The van der Waals surface area contributed by atoms with E-state index in [1.165, 1.54) is 24.1 Å². The first kappa shape index (κ1) is 31.6. The molecular formula is C30H35Cl2N3O4S. The lowest BCUT2D eigenvalue weighted by Crippen LogP contribution is -2.53. The van der Waals surface area contributed by atoms with Crippen molar-refractivity contribution in [1.82, 2.24) is 14.5 Å². The van der Waals surface area contributed by atoms with Gasteiger partial charge in [-0.1, -0.05) is 91.1 Å². The summed E-state index contributed by atoms with van der Waals surface area (Å²) in [6, 6.07) is 19.9. The summed E-state index contributed by atoms with van der Waals surface area (Å²) in [5, 5.41) is 3.62. The van der Waals surface area contributed by atoms with Gasteiger partial charge >= 0.3 is 0 Å². The van der Waals surface area contributed by atoms with Crippen molar-refractivity contribution in [3.8, 4) is 0 Å². The molecular weight excluding hydrogens is 569 g/mol. The fourth-order valence-electron chi connectivity index (χ4n) is 4.07. The second-order valence-corrected chi connectivity index (χ2v) is 13.0. The zero-order valence-electron chi connectivity index (χ0n) is 23.1. The molecule has 7 nitrogen and oxygen atoms in total. The molecule has 0 aliphatic carbocycles. The number of nitrogens with zero attached hydrogens (tertiary/aromatic N) is 2. The fraction of sp³-hybridized carbons (Fsp3) is 0.333. The minimum absolute atomic E-state index is 0.0285. The Morgan fingerprint density at radius 3 is 2.15 bits per heavy atom. The average Bonchev–Trinajstić information content (AvgIpc) is 2.91. The fourth-order valence-corrected chi connectivity index (χ4v) is 5.51. The summed E-state index contributed by atoms with van der Waals surface area (Å²) in [6.45, 7) is 5.83. The summed E-state index contributed by atoms with van der Waals surface area (Å²) in [5.74, 6) is -0.647. The predicted molar refractivity (Wildman–Crippen MR) is 160 cm³/mol. The molecule has 0 aliphatic rings. The van der Waals surface area contributed by atoms with E-state index < -0.39 is 28.5 Å². The van der Waals surface area contributed by atoms with Gasteiger partial charge in [0, 0.05) is 26.6 Å². The van der Waals surface area contributed by atoms with Crippen LogP contribution in [-0.4, -0.2) is 55.6 Å². The number of carbonyl (C=O) groups excluding carboxylic acids is 2. The Kier molecular flexibility index (Phi) is 11.2. The van der Waals surface area contributed by atoms with Crippen LogP contribution in [0.3, 0.4) is 0 Å². The number of nitrogens with one attached hydrogen (secondary N) is 1. The minimum atomic E-state index is -3.95. The normalized spacial score (nSPS) is 12.4. The Morgan fingerprint density at radius 2 is 1.55 bits per heavy atom. The maximum Gasteiger partial charge on any atom is 0.243 e. The number of rotatable bonds is 12. The van der Waals surface area contributed by atoms with E-state index in [2.05, 4.69) is 5.32 Å². The van der Waals surface area contributed by atoms with Crippen molar-refractivity contribution in [2.75, 3.05) is 20.1 Å². The topological polar surface area (TPSA) is 86.8 Å². The third kappa shape index (κ3) is 8.54. The first-order valence-electron chi connectivity index (χ1n) is 13.0. The zero-order chi connectivity index (χ0) is 29.4. The molecule has 1 atom stereocenters. The average molecular weight is 605 g/mol. The highest BCUT2D eigenvalue weighted by atomic mass is 35.5. The molecule has 2 amide bonds. The first-order chi connectivity index (χ1) is 18.9. The van der Waals surface area contributed by atoms with Crippen molar-refractivity contribution in [3.05, 3.63) is 99.5 Å². The Bertz CT molecular complexity index is 1410. The lowest BCUT2D eigenvalue weighted by atomic mass is 10.0. The van der Waals surface area contributed by atoms with Crippen LogP contribution in [0.25, 0.3) is 0 Å². The quantitative estimate of drug-likeness (QED) is 0.303. The highest BCUT2D eigenvalue weighted by Crippen LogP contribution is 2.25. The van der Waals surface area contributed by atoms with Gasteiger partial charge in [0.1, 0.15) is 6.04 Å². The van der Waals surface area contributed by atoms with Crippen LogP contribution in [0.2, 0.25) is 10.0 Å². The number of sulfonamides is 1. The Labute approximate surface area is 247 Å². The molecule has 0 fully saturated rings. The minimum Gasteiger partial charge on any atom is -0.354 e. The van der Waals surface area contributed by atoms with E-state index in [0.29, 0.717) is 22.2 Å². The molecule has 3 rings (SSSR count). The highest BCUT2D eigenvalue weighted by molar-refractivity contribution is 7.89. The predicted octanol–water partition coefficient (Wildman–Crippen LogP) is 5.33. The summed E-state index contributed by atoms with van der Waals surface area (Å²) in [6.07, 6.45) is 0.242. The van der Waals surface area contributed by atoms with Crippen molar-refractivity contribution in [2.45, 2.75) is 44.7 Å². The van der Waals surface area contributed by atoms with Crippen LogP contribution in [0.4, 0.5) is 0 Å². The van der Waals surface area contributed by atoms with E-state index in [-0.39, 0.29) is 29.7 Å². The first-order valence-corrected chi connectivity index (χ1v) is 15.2. The summed E-state index contributed by atoms with van der Waals surface area (Å²) in [7, 11) is -2.59. The Balaban J connectivity index is 1.98. The van der Waals surface area contributed by atoms with Gasteiger partial charge in [-0.3, -0.25) is 9.59 Å². The highest BCUT2D eigenvalue weighted by Gasteiger charge is 2.33. The van der Waals surface area contributed by atoms with Crippen LogP contribution in [0.1, 0.15) is 30.5 Å². The molecule has 0 aliphatic heterocycles. The summed E-state index contributed by atoms with van der Waals surface area (Å²) in [4.78, 5) is 29.0. The van der Waals surface area contributed by atoms with Gasteiger partial charge in [-0.2, -0.15) is 4.31 Å². The van der Waals surface area contributed by atoms with Crippen molar-refractivity contribution < 1.29 is 18.0 Å². The maximum absolute atomic E-state index is 13.9. The monoisotopic (exact) mass is 603 g/mol. The molecule has 10 heteroatoms. The zero-order valence-corrected chi connectivity index (χ0v) is 25.4. The summed E-state index contributed by atoms with van der Waals surface area (Å²) < 4.78 is 27.5. The second-order valence-electron chi connectivity index (χ2n) is 10.2. The molecule has 0 saturated heterocycles. The molecule has 214 valence electrons. The van der Waals surface area contributed by atoms with Gasteiger partial charge in [-0.05, 0) is 48.2 Å². The van der Waals surface area contributed by atoms with E-state index >= 15 is 0 Å². The molecule has 0 bridgehead atoms. The van der Waals surface area contributed by atoms with E-state index in [1.54, 1.807) is 30.3 Å². The van der Waals surface area contributed by atoms with Gasteiger partial charge in [0.2, 0.25) is 21.8 Å². The summed E-state index contributed by atoms with van der Waals surface area (Å²) >= 11 is 12.4. The molecule has 0 unspecified atom stereocenters. The lowest BCUT2D eigenvalue weighted by molar-refractivity contribution is -0.141. The van der Waals surface area contributed by atoms with E-state index in [1.807, 2.05) is 51.1 Å². The molecule has 0 heterocycles. The standard InChI is InChI=1S/C30H35Cl2N3O4S/c1-21(2)18-33-30(37)28(17-23-8-6-5-7-9-23)35(19-24-12-15-26(31)27(32)16-24)29(36)20-34(4)40(38,39)25-13-10-22(3)11-14-25/h5-16,21,28H,17-20H2,1-4H3,(H,33,37)/t28-/m0/s1. The lowest BCUT2D eigenvalue weighted by Gasteiger charge is -2.33. The van der Waals surface area contributed by atoms with Crippen LogP contribution in [0.15, 0.2) is 77.7 Å². The third-order valence-corrected chi connectivity index (χ3v) is 8.94. The Hall–Kier alpha value is -2.91. The molecule has 0 radical (unpaired) electrons. The molecule has 0 saturated carbocycles. The molecule has 3 aromatic carbocycles. The van der Waals surface area contributed by atoms with Crippen molar-refractivity contribution in [3.63, 3.8) is 0 Å². The SMILES string of the molecule is Cc1ccc(S(=O)(=O)N(C)CC(=O)N(Cc2ccc(Cl)c(Cl)c2)[C@@H](Cc2ccccc2)C(=O)NCC(C)C)cc1. The second kappa shape index (κ2) is 14.1. The van der Waals surface area contributed by atoms with Crippen LogP contribution in [0, 0.1) is 12.8 Å². The van der Waals surface area contributed by atoms with E-state index in [0.717, 1.165) is 15.4 Å². The number of benzene rings is 3. The van der Waals surface area contributed by atoms with Gasteiger partial charge in [-0.15, -0.1) is 0 Å². The number of aryl methyl sites for hydroxylation is 1. The molecule has 40 heavy (non-hydrogen) atoms. The van der Waals surface area contributed by atoms with E-state index in [4.69, 9.17) is 23.2 Å². The Morgan fingerprint density at radius 1 is 0.900 bits per heavy atom. The van der Waals surface area contributed by atoms with Crippen molar-refractivity contribution >= 4 is 45.0 Å². The van der Waals surface area contributed by atoms with Crippen molar-refractivity contribution in [1.29, 1.82) is 0 Å². The van der Waals surface area contributed by atoms with E-state index in [9.17, 15) is 18.0 Å². The van der Waals surface area contributed by atoms with Crippen LogP contribution in [-0.2, 0) is 32.6 Å². The van der Waals surface area contributed by atoms with Gasteiger partial charge in [-0.25, -0.2) is 8.42 Å². The molecule has 0 spiro atoms. The number of hydrogen-bond donors (Lipinski definition) is 1. The maximum atomic E-state index is 13.9. The van der Waals surface area contributed by atoms with Crippen LogP contribution < -0.4 is 5.32 Å². The number of halogens is 2. The van der Waals surface area contributed by atoms with Gasteiger partial charge in [0.05, 0.1) is 21.5 Å². The summed E-state index contributed by atoms with van der Waals surface area (Å²) in [5.41, 5.74) is 2.43. The van der Waals surface area contributed by atoms with Crippen molar-refractivity contribution in [2.24, 2.45) is 5.92 Å². The van der Waals surface area contributed by atoms with Crippen LogP contribution >= 0.6 is 23.2 Å². The third-order valence-electron chi connectivity index (χ3n) is 6.38. The number of likely N-dealkylation sites (N-methyl/N-ethyl adjacent to an activating group) is 1. The molecule has 1 N–H and O–H groups in total. The molecule has 0 aromatic heterocycles. The van der Waals surface area contributed by atoms with Gasteiger partial charge in [0.25, 0.3) is 0 Å². The largest absolute Gasteiger partial charge is 0.354 e. The van der Waals surface area contributed by atoms with Gasteiger partial charge in [0.15, 0.2) is 0 Å².